The predicted molar refractivity (Wildman–Crippen MR) is 70.6 cm³/mol. The number of carbonyl (C=O) groups excluding carboxylic acids is 1. The van der Waals surface area contributed by atoms with Crippen molar-refractivity contribution in [3.63, 3.8) is 0 Å². The van der Waals surface area contributed by atoms with E-state index in [4.69, 9.17) is 5.73 Å². The summed E-state index contributed by atoms with van der Waals surface area (Å²) in [6.07, 6.45) is 4.05. The molecule has 2 atom stereocenters. The number of nitrogens with two attached hydrogens (primary N) is 1. The molecule has 1 amide bonds. The summed E-state index contributed by atoms with van der Waals surface area (Å²) in [5.74, 6) is 1.72. The molecular formula is C12H24N2OS. The molecule has 16 heavy (non-hydrogen) atoms. The summed E-state index contributed by atoms with van der Waals surface area (Å²) >= 11 is 1.98. The van der Waals surface area contributed by atoms with E-state index in [-0.39, 0.29) is 10.7 Å². The van der Waals surface area contributed by atoms with Crippen molar-refractivity contribution in [2.24, 2.45) is 11.7 Å². The van der Waals surface area contributed by atoms with Crippen LogP contribution in [0.1, 0.15) is 39.5 Å². The molecule has 0 aromatic rings. The molecule has 0 bridgehead atoms. The van der Waals surface area contributed by atoms with Gasteiger partial charge in [0.1, 0.15) is 0 Å². The van der Waals surface area contributed by atoms with E-state index >= 15 is 0 Å². The quantitative estimate of drug-likeness (QED) is 0.748. The summed E-state index contributed by atoms with van der Waals surface area (Å²) in [6, 6.07) is 0. The molecule has 4 heteroatoms. The molecule has 3 N–H and O–H groups in total. The molecule has 1 rings (SSSR count). The summed E-state index contributed by atoms with van der Waals surface area (Å²) in [4.78, 5) is 11.7. The molecule has 1 saturated heterocycles. The zero-order chi connectivity index (χ0) is 12.0. The topological polar surface area (TPSA) is 55.1 Å². The fourth-order valence-electron chi connectivity index (χ4n) is 1.99. The van der Waals surface area contributed by atoms with Gasteiger partial charge < -0.3 is 11.1 Å². The van der Waals surface area contributed by atoms with E-state index < -0.39 is 0 Å². The third-order valence-electron chi connectivity index (χ3n) is 3.34. The van der Waals surface area contributed by atoms with Crippen LogP contribution in [-0.2, 0) is 4.79 Å². The van der Waals surface area contributed by atoms with Crippen molar-refractivity contribution in [2.45, 2.75) is 44.3 Å². The number of hydrogen-bond donors (Lipinski definition) is 2. The number of hydrogen-bond acceptors (Lipinski definition) is 3. The maximum absolute atomic E-state index is 11.7. The van der Waals surface area contributed by atoms with Gasteiger partial charge in [-0.25, -0.2) is 0 Å². The van der Waals surface area contributed by atoms with Gasteiger partial charge in [-0.05, 0) is 38.0 Å². The van der Waals surface area contributed by atoms with Gasteiger partial charge in [-0.15, -0.1) is 0 Å². The van der Waals surface area contributed by atoms with Crippen LogP contribution in [0.15, 0.2) is 0 Å². The molecule has 3 nitrogen and oxygen atoms in total. The van der Waals surface area contributed by atoms with E-state index in [9.17, 15) is 4.79 Å². The second kappa shape index (κ2) is 6.50. The summed E-state index contributed by atoms with van der Waals surface area (Å²) < 4.78 is 0.264. The second-order valence-corrected chi connectivity index (χ2v) is 6.58. The van der Waals surface area contributed by atoms with Crippen molar-refractivity contribution in [3.8, 4) is 0 Å². The highest BCUT2D eigenvalue weighted by Gasteiger charge is 2.29. The Morgan fingerprint density at radius 2 is 2.38 bits per heavy atom. The Morgan fingerprint density at radius 1 is 1.62 bits per heavy atom. The normalized spacial score (nSPS) is 26.7. The van der Waals surface area contributed by atoms with Gasteiger partial charge in [0.25, 0.3) is 0 Å². The summed E-state index contributed by atoms with van der Waals surface area (Å²) in [7, 11) is 0. The molecular weight excluding hydrogens is 220 g/mol. The minimum atomic E-state index is 0.158. The summed E-state index contributed by atoms with van der Waals surface area (Å²) in [6.45, 7) is 5.73. The molecule has 1 heterocycles. The van der Waals surface area contributed by atoms with Crippen LogP contribution in [0, 0.1) is 5.92 Å². The molecule has 0 aromatic heterocycles. The van der Waals surface area contributed by atoms with Crippen molar-refractivity contribution in [1.29, 1.82) is 0 Å². The molecule has 2 unspecified atom stereocenters. The first-order chi connectivity index (χ1) is 7.59. The lowest BCUT2D eigenvalue weighted by molar-refractivity contribution is -0.122. The Morgan fingerprint density at radius 3 is 2.88 bits per heavy atom. The lowest BCUT2D eigenvalue weighted by Gasteiger charge is -2.23. The van der Waals surface area contributed by atoms with Gasteiger partial charge in [-0.1, -0.05) is 13.3 Å². The minimum absolute atomic E-state index is 0.158. The van der Waals surface area contributed by atoms with Crippen LogP contribution in [0.3, 0.4) is 0 Å². The van der Waals surface area contributed by atoms with Crippen LogP contribution in [0.25, 0.3) is 0 Å². The molecule has 0 aliphatic carbocycles. The van der Waals surface area contributed by atoms with Gasteiger partial charge in [-0.3, -0.25) is 4.79 Å². The van der Waals surface area contributed by atoms with Crippen molar-refractivity contribution in [3.05, 3.63) is 0 Å². The van der Waals surface area contributed by atoms with Gasteiger partial charge in [0.05, 0.1) is 0 Å². The van der Waals surface area contributed by atoms with Gasteiger partial charge in [0.15, 0.2) is 0 Å². The Bertz CT molecular complexity index is 223. The van der Waals surface area contributed by atoms with Crippen LogP contribution in [0.4, 0.5) is 0 Å². The number of nitrogens with one attached hydrogen (secondary N) is 1. The highest BCUT2D eigenvalue weighted by Crippen LogP contribution is 2.36. The standard InChI is InChI=1S/C12H24N2OS/c1-3-10(8-13)7-11(15)14-9-12(2)5-4-6-16-12/h10H,3-9,13H2,1-2H3,(H,14,15). The maximum Gasteiger partial charge on any atom is 0.220 e. The first-order valence-electron chi connectivity index (χ1n) is 6.20. The molecule has 1 aliphatic heterocycles. The Labute approximate surface area is 103 Å². The average molecular weight is 244 g/mol. The summed E-state index contributed by atoms with van der Waals surface area (Å²) in [5, 5.41) is 3.05. The third-order valence-corrected chi connectivity index (χ3v) is 4.88. The fraction of sp³-hybridized carbons (Fsp3) is 0.917. The van der Waals surface area contributed by atoms with Gasteiger partial charge >= 0.3 is 0 Å². The van der Waals surface area contributed by atoms with Crippen LogP contribution >= 0.6 is 11.8 Å². The van der Waals surface area contributed by atoms with E-state index in [1.807, 2.05) is 11.8 Å². The number of amides is 1. The zero-order valence-electron chi connectivity index (χ0n) is 10.4. The molecule has 1 aliphatic rings. The van der Waals surface area contributed by atoms with Crippen LogP contribution in [0.5, 0.6) is 0 Å². The lowest BCUT2D eigenvalue weighted by Crippen LogP contribution is -2.37. The van der Waals surface area contributed by atoms with E-state index in [2.05, 4.69) is 19.2 Å². The molecule has 0 aromatic carbocycles. The second-order valence-electron chi connectivity index (χ2n) is 4.89. The highest BCUT2D eigenvalue weighted by atomic mass is 32.2. The first-order valence-corrected chi connectivity index (χ1v) is 7.19. The van der Waals surface area contributed by atoms with Crippen LogP contribution in [-0.4, -0.2) is 29.5 Å². The predicted octanol–water partition coefficient (Wildman–Crippen LogP) is 1.76. The zero-order valence-corrected chi connectivity index (χ0v) is 11.2. The molecule has 94 valence electrons. The first kappa shape index (κ1) is 13.8. The minimum Gasteiger partial charge on any atom is -0.355 e. The largest absolute Gasteiger partial charge is 0.355 e. The molecule has 0 saturated carbocycles. The summed E-state index contributed by atoms with van der Waals surface area (Å²) in [5.41, 5.74) is 5.59. The van der Waals surface area contributed by atoms with Crippen molar-refractivity contribution in [1.82, 2.24) is 5.32 Å². The smallest absolute Gasteiger partial charge is 0.220 e. The van der Waals surface area contributed by atoms with Gasteiger partial charge in [0.2, 0.25) is 5.91 Å². The Kier molecular flexibility index (Phi) is 5.62. The SMILES string of the molecule is CCC(CN)CC(=O)NCC1(C)CCCS1. The van der Waals surface area contributed by atoms with E-state index in [1.54, 1.807) is 0 Å². The number of rotatable bonds is 6. The van der Waals surface area contributed by atoms with E-state index in [0.29, 0.717) is 18.9 Å². The van der Waals surface area contributed by atoms with Crippen LogP contribution < -0.4 is 11.1 Å². The number of thioether (sulfide) groups is 1. The Balaban J connectivity index is 2.24. The van der Waals surface area contributed by atoms with Crippen molar-refractivity contribution < 1.29 is 4.79 Å². The van der Waals surface area contributed by atoms with Gasteiger partial charge in [-0.2, -0.15) is 11.8 Å². The Hall–Kier alpha value is -0.220. The van der Waals surface area contributed by atoms with Crippen molar-refractivity contribution in [2.75, 3.05) is 18.8 Å². The molecule has 0 radical (unpaired) electrons. The molecule has 1 fully saturated rings. The third kappa shape index (κ3) is 4.34. The van der Waals surface area contributed by atoms with Gasteiger partial charge in [0, 0.05) is 17.7 Å². The highest BCUT2D eigenvalue weighted by molar-refractivity contribution is 8.00. The average Bonchev–Trinajstić information content (AvgIpc) is 2.71. The maximum atomic E-state index is 11.7. The van der Waals surface area contributed by atoms with Crippen LogP contribution in [0.2, 0.25) is 0 Å². The molecule has 0 spiro atoms. The van der Waals surface area contributed by atoms with E-state index in [0.717, 1.165) is 13.0 Å². The fourth-order valence-corrected chi connectivity index (χ4v) is 3.23. The lowest BCUT2D eigenvalue weighted by atomic mass is 10.0. The number of carbonyl (C=O) groups is 1. The van der Waals surface area contributed by atoms with Crippen molar-refractivity contribution >= 4 is 17.7 Å². The monoisotopic (exact) mass is 244 g/mol. The van der Waals surface area contributed by atoms with E-state index in [1.165, 1.54) is 18.6 Å².